The molecular formula is C18H30N6O. The molecule has 2 unspecified atom stereocenters. The molecule has 2 fully saturated rings. The highest BCUT2D eigenvalue weighted by Gasteiger charge is 2.22. The number of hydrogen-bond donors (Lipinski definition) is 3. The molecule has 7 heteroatoms. The van der Waals surface area contributed by atoms with Crippen LogP contribution in [0.5, 0.6) is 0 Å². The largest absolute Gasteiger partial charge is 0.340 e. The molecule has 2 saturated heterocycles. The topological polar surface area (TPSA) is 82.2 Å². The molecule has 2 amide bonds. The third kappa shape index (κ3) is 5.85. The molecule has 1 aromatic rings. The van der Waals surface area contributed by atoms with Crippen molar-refractivity contribution in [2.24, 2.45) is 5.92 Å². The number of anilines is 1. The van der Waals surface area contributed by atoms with E-state index in [-0.39, 0.29) is 6.03 Å². The van der Waals surface area contributed by atoms with E-state index in [2.05, 4.69) is 30.8 Å². The fourth-order valence-electron chi connectivity index (χ4n) is 3.66. The standard InChI is InChI=1S/C18H30N6O/c25-18(23-13-16-7-2-1-3-8-19-16)22-12-15-6-4-11-24(14-15)17-20-9-5-10-21-17/h5,9-10,15-16,19H,1-4,6-8,11-14H2,(H2,22,23,25). The van der Waals surface area contributed by atoms with Crippen molar-refractivity contribution in [2.45, 2.75) is 44.6 Å². The van der Waals surface area contributed by atoms with E-state index < -0.39 is 0 Å². The molecule has 0 aromatic carbocycles. The zero-order valence-corrected chi connectivity index (χ0v) is 14.9. The second kappa shape index (κ2) is 9.56. The highest BCUT2D eigenvalue weighted by atomic mass is 16.2. The first-order chi connectivity index (χ1) is 12.3. The first-order valence-corrected chi connectivity index (χ1v) is 9.58. The molecule has 0 spiro atoms. The Balaban J connectivity index is 1.36. The number of amides is 2. The number of nitrogens with zero attached hydrogens (tertiary/aromatic N) is 3. The monoisotopic (exact) mass is 346 g/mol. The fourth-order valence-corrected chi connectivity index (χ4v) is 3.66. The quantitative estimate of drug-likeness (QED) is 0.753. The zero-order valence-electron chi connectivity index (χ0n) is 14.9. The fraction of sp³-hybridized carbons (Fsp3) is 0.722. The SMILES string of the molecule is O=C(NCC1CCCN(c2ncccn2)C1)NCC1CCCCCN1. The highest BCUT2D eigenvalue weighted by Crippen LogP contribution is 2.19. The van der Waals surface area contributed by atoms with Gasteiger partial charge >= 0.3 is 6.03 Å². The Kier molecular flexibility index (Phi) is 6.85. The van der Waals surface area contributed by atoms with Crippen LogP contribution in [0.2, 0.25) is 0 Å². The summed E-state index contributed by atoms with van der Waals surface area (Å²) in [5.41, 5.74) is 0. The third-order valence-electron chi connectivity index (χ3n) is 5.08. The van der Waals surface area contributed by atoms with Crippen LogP contribution in [0.25, 0.3) is 0 Å². The molecular weight excluding hydrogens is 316 g/mol. The number of carbonyl (C=O) groups excluding carboxylic acids is 1. The van der Waals surface area contributed by atoms with E-state index >= 15 is 0 Å². The smallest absolute Gasteiger partial charge is 0.314 e. The predicted molar refractivity (Wildman–Crippen MR) is 98.6 cm³/mol. The number of piperidine rings is 1. The molecule has 3 heterocycles. The normalized spacial score (nSPS) is 24.4. The number of rotatable bonds is 5. The lowest BCUT2D eigenvalue weighted by Gasteiger charge is -2.32. The summed E-state index contributed by atoms with van der Waals surface area (Å²) in [6, 6.07) is 2.19. The van der Waals surface area contributed by atoms with Crippen LogP contribution in [0.4, 0.5) is 10.7 Å². The maximum atomic E-state index is 12.1. The second-order valence-corrected chi connectivity index (χ2v) is 7.09. The van der Waals surface area contributed by atoms with E-state index in [0.29, 0.717) is 25.0 Å². The first-order valence-electron chi connectivity index (χ1n) is 9.58. The van der Waals surface area contributed by atoms with Gasteiger partial charge < -0.3 is 20.9 Å². The van der Waals surface area contributed by atoms with Crippen LogP contribution in [0.15, 0.2) is 18.5 Å². The van der Waals surface area contributed by atoms with Gasteiger partial charge in [0.05, 0.1) is 0 Å². The van der Waals surface area contributed by atoms with Crippen LogP contribution in [-0.2, 0) is 0 Å². The van der Waals surface area contributed by atoms with Gasteiger partial charge in [-0.1, -0.05) is 12.8 Å². The maximum absolute atomic E-state index is 12.1. The van der Waals surface area contributed by atoms with Crippen molar-refractivity contribution in [3.05, 3.63) is 18.5 Å². The molecule has 2 atom stereocenters. The molecule has 2 aliphatic heterocycles. The van der Waals surface area contributed by atoms with Gasteiger partial charge in [-0.2, -0.15) is 0 Å². The van der Waals surface area contributed by atoms with Crippen molar-refractivity contribution in [3.8, 4) is 0 Å². The van der Waals surface area contributed by atoms with Crippen LogP contribution in [0.1, 0.15) is 38.5 Å². The van der Waals surface area contributed by atoms with Crippen molar-refractivity contribution in [2.75, 3.05) is 37.6 Å². The molecule has 0 aliphatic carbocycles. The maximum Gasteiger partial charge on any atom is 0.314 e. The predicted octanol–water partition coefficient (Wildman–Crippen LogP) is 1.52. The summed E-state index contributed by atoms with van der Waals surface area (Å²) in [5, 5.41) is 9.55. The summed E-state index contributed by atoms with van der Waals surface area (Å²) in [5.74, 6) is 1.23. The van der Waals surface area contributed by atoms with Gasteiger partial charge in [-0.15, -0.1) is 0 Å². The molecule has 0 bridgehead atoms. The van der Waals surface area contributed by atoms with Crippen molar-refractivity contribution >= 4 is 12.0 Å². The Morgan fingerprint density at radius 2 is 1.96 bits per heavy atom. The van der Waals surface area contributed by atoms with Gasteiger partial charge in [0, 0.05) is 44.6 Å². The molecule has 2 aliphatic rings. The zero-order chi connectivity index (χ0) is 17.3. The molecule has 0 saturated carbocycles. The Labute approximate surface area is 150 Å². The Hall–Kier alpha value is -1.89. The second-order valence-electron chi connectivity index (χ2n) is 7.09. The van der Waals surface area contributed by atoms with Crippen molar-refractivity contribution in [1.82, 2.24) is 25.9 Å². The van der Waals surface area contributed by atoms with E-state index in [9.17, 15) is 4.79 Å². The van der Waals surface area contributed by atoms with E-state index in [1.54, 1.807) is 12.4 Å². The van der Waals surface area contributed by atoms with Crippen LogP contribution in [-0.4, -0.2) is 54.8 Å². The van der Waals surface area contributed by atoms with Gasteiger partial charge in [-0.3, -0.25) is 0 Å². The third-order valence-corrected chi connectivity index (χ3v) is 5.08. The average molecular weight is 346 g/mol. The van der Waals surface area contributed by atoms with Gasteiger partial charge in [0.1, 0.15) is 0 Å². The van der Waals surface area contributed by atoms with E-state index in [1.807, 2.05) is 6.07 Å². The lowest BCUT2D eigenvalue weighted by atomic mass is 9.98. The molecule has 0 radical (unpaired) electrons. The van der Waals surface area contributed by atoms with E-state index in [1.165, 1.54) is 19.3 Å². The van der Waals surface area contributed by atoms with Crippen molar-refractivity contribution < 1.29 is 4.79 Å². The number of aromatic nitrogens is 2. The minimum Gasteiger partial charge on any atom is -0.340 e. The summed E-state index contributed by atoms with van der Waals surface area (Å²) in [4.78, 5) is 22.9. The van der Waals surface area contributed by atoms with E-state index in [0.717, 1.165) is 44.8 Å². The van der Waals surface area contributed by atoms with E-state index in [4.69, 9.17) is 0 Å². The summed E-state index contributed by atoms with van der Waals surface area (Å²) in [6.45, 7) is 4.36. The average Bonchev–Trinajstić information content (AvgIpc) is 2.94. The first kappa shape index (κ1) is 17.9. The van der Waals surface area contributed by atoms with Crippen LogP contribution in [0, 0.1) is 5.92 Å². The highest BCUT2D eigenvalue weighted by molar-refractivity contribution is 5.73. The molecule has 7 nitrogen and oxygen atoms in total. The Morgan fingerprint density at radius 3 is 2.84 bits per heavy atom. The summed E-state index contributed by atoms with van der Waals surface area (Å²) in [6.07, 6.45) is 10.7. The van der Waals surface area contributed by atoms with Gasteiger partial charge in [-0.25, -0.2) is 14.8 Å². The van der Waals surface area contributed by atoms with Crippen LogP contribution in [0.3, 0.4) is 0 Å². The minimum atomic E-state index is -0.0564. The van der Waals surface area contributed by atoms with Gasteiger partial charge in [0.15, 0.2) is 0 Å². The summed E-state index contributed by atoms with van der Waals surface area (Å²) < 4.78 is 0. The molecule has 1 aromatic heterocycles. The molecule has 3 rings (SSSR count). The number of hydrogen-bond acceptors (Lipinski definition) is 5. The molecule has 25 heavy (non-hydrogen) atoms. The van der Waals surface area contributed by atoms with Gasteiger partial charge in [0.2, 0.25) is 5.95 Å². The van der Waals surface area contributed by atoms with Crippen LogP contribution >= 0.6 is 0 Å². The lowest BCUT2D eigenvalue weighted by Crippen LogP contribution is -2.47. The van der Waals surface area contributed by atoms with Gasteiger partial charge in [0.25, 0.3) is 0 Å². The minimum absolute atomic E-state index is 0.0564. The Morgan fingerprint density at radius 1 is 1.12 bits per heavy atom. The van der Waals surface area contributed by atoms with Crippen molar-refractivity contribution in [3.63, 3.8) is 0 Å². The number of nitrogens with one attached hydrogen (secondary N) is 3. The van der Waals surface area contributed by atoms with Crippen LogP contribution < -0.4 is 20.9 Å². The molecule has 138 valence electrons. The summed E-state index contributed by atoms with van der Waals surface area (Å²) in [7, 11) is 0. The van der Waals surface area contributed by atoms with Crippen molar-refractivity contribution in [1.29, 1.82) is 0 Å². The lowest BCUT2D eigenvalue weighted by molar-refractivity contribution is 0.236. The number of carbonyl (C=O) groups is 1. The number of urea groups is 1. The van der Waals surface area contributed by atoms with Gasteiger partial charge in [-0.05, 0) is 44.2 Å². The summed E-state index contributed by atoms with van der Waals surface area (Å²) >= 11 is 0. The molecule has 3 N–H and O–H groups in total. The Bertz CT molecular complexity index is 518.